The van der Waals surface area contributed by atoms with Crippen LogP contribution in [-0.2, 0) is 10.2 Å². The molecule has 3 rings (SSSR count). The monoisotopic (exact) mass is 245 g/mol. The fraction of sp³-hybridized carbons (Fsp3) is 0.429. The minimum Gasteiger partial charge on any atom is -0.481 e. The topological polar surface area (TPSA) is 63.3 Å². The Labute approximate surface area is 105 Å². The highest BCUT2D eigenvalue weighted by atomic mass is 16.5. The van der Waals surface area contributed by atoms with Crippen molar-refractivity contribution in [2.45, 2.75) is 38.0 Å². The number of aromatic nitrogens is 1. The van der Waals surface area contributed by atoms with Crippen LogP contribution in [0.4, 0.5) is 0 Å². The van der Waals surface area contributed by atoms with Gasteiger partial charge in [-0.2, -0.15) is 0 Å². The lowest BCUT2D eigenvalue weighted by atomic mass is 9.77. The molecule has 1 aromatic heterocycles. The number of benzene rings is 1. The highest BCUT2D eigenvalue weighted by Gasteiger charge is 2.44. The maximum atomic E-state index is 11.7. The van der Waals surface area contributed by atoms with Crippen molar-refractivity contribution >= 4 is 16.9 Å². The molecule has 0 radical (unpaired) electrons. The summed E-state index contributed by atoms with van der Waals surface area (Å²) >= 11 is 0. The molecule has 1 aliphatic rings. The number of rotatable bonds is 2. The van der Waals surface area contributed by atoms with Gasteiger partial charge in [0.2, 0.25) is 0 Å². The second-order valence-corrected chi connectivity index (χ2v) is 5.04. The zero-order valence-electron chi connectivity index (χ0n) is 10.3. The molecule has 4 nitrogen and oxygen atoms in total. The first kappa shape index (κ1) is 11.3. The molecule has 1 N–H and O–H groups in total. The molecule has 1 aliphatic carbocycles. The van der Waals surface area contributed by atoms with Gasteiger partial charge < -0.3 is 9.63 Å². The van der Waals surface area contributed by atoms with Gasteiger partial charge in [-0.15, -0.1) is 0 Å². The van der Waals surface area contributed by atoms with Gasteiger partial charge >= 0.3 is 5.97 Å². The third kappa shape index (κ3) is 1.38. The van der Waals surface area contributed by atoms with Gasteiger partial charge in [0.1, 0.15) is 0 Å². The molecule has 1 saturated carbocycles. The number of hydrogen-bond donors (Lipinski definition) is 1. The van der Waals surface area contributed by atoms with Gasteiger partial charge in [-0.05, 0) is 31.4 Å². The van der Waals surface area contributed by atoms with E-state index in [4.69, 9.17) is 4.52 Å². The Morgan fingerprint density at radius 1 is 1.39 bits per heavy atom. The molecule has 0 atom stereocenters. The van der Waals surface area contributed by atoms with Crippen LogP contribution >= 0.6 is 0 Å². The SMILES string of the molecule is Cc1noc2cccc(C3(C(=O)O)CCCC3)c12. The lowest BCUT2D eigenvalue weighted by molar-refractivity contribution is -0.143. The van der Waals surface area contributed by atoms with Crippen molar-refractivity contribution in [3.05, 3.63) is 29.5 Å². The Balaban J connectivity index is 2.30. The summed E-state index contributed by atoms with van der Waals surface area (Å²) in [6, 6.07) is 5.60. The number of aliphatic carboxylic acids is 1. The van der Waals surface area contributed by atoms with Crippen molar-refractivity contribution in [2.24, 2.45) is 0 Å². The maximum Gasteiger partial charge on any atom is 0.314 e. The molecular formula is C14H15NO3. The van der Waals surface area contributed by atoms with E-state index < -0.39 is 11.4 Å². The normalized spacial score (nSPS) is 18.3. The van der Waals surface area contributed by atoms with Gasteiger partial charge in [0.15, 0.2) is 5.58 Å². The van der Waals surface area contributed by atoms with E-state index in [1.807, 2.05) is 25.1 Å². The second-order valence-electron chi connectivity index (χ2n) is 5.04. The van der Waals surface area contributed by atoms with Crippen molar-refractivity contribution in [1.29, 1.82) is 0 Å². The summed E-state index contributed by atoms with van der Waals surface area (Å²) < 4.78 is 5.23. The predicted molar refractivity (Wildman–Crippen MR) is 66.5 cm³/mol. The zero-order valence-corrected chi connectivity index (χ0v) is 10.3. The van der Waals surface area contributed by atoms with E-state index in [0.29, 0.717) is 18.4 Å². The van der Waals surface area contributed by atoms with Crippen molar-refractivity contribution in [3.8, 4) is 0 Å². The predicted octanol–water partition coefficient (Wildman–Crippen LogP) is 3.03. The number of carboxylic acid groups (broad SMARTS) is 1. The van der Waals surface area contributed by atoms with E-state index >= 15 is 0 Å². The Bertz CT molecular complexity index is 609. The number of fused-ring (bicyclic) bond motifs is 1. The highest BCUT2D eigenvalue weighted by molar-refractivity contribution is 5.92. The Morgan fingerprint density at radius 3 is 2.78 bits per heavy atom. The number of nitrogens with zero attached hydrogens (tertiary/aromatic N) is 1. The van der Waals surface area contributed by atoms with E-state index in [1.54, 1.807) is 0 Å². The summed E-state index contributed by atoms with van der Waals surface area (Å²) in [5, 5.41) is 14.5. The number of aryl methyl sites for hydroxylation is 1. The molecular weight excluding hydrogens is 230 g/mol. The van der Waals surface area contributed by atoms with E-state index in [1.165, 1.54) is 0 Å². The fourth-order valence-electron chi connectivity index (χ4n) is 3.12. The van der Waals surface area contributed by atoms with Crippen LogP contribution in [0.25, 0.3) is 11.0 Å². The average Bonchev–Trinajstić information content (AvgIpc) is 2.97. The third-order valence-corrected chi connectivity index (χ3v) is 4.05. The molecule has 0 aliphatic heterocycles. The Hall–Kier alpha value is -1.84. The molecule has 94 valence electrons. The van der Waals surface area contributed by atoms with Crippen LogP contribution in [0.5, 0.6) is 0 Å². The van der Waals surface area contributed by atoms with E-state index in [-0.39, 0.29) is 0 Å². The minimum atomic E-state index is -0.754. The van der Waals surface area contributed by atoms with Crippen molar-refractivity contribution in [2.75, 3.05) is 0 Å². The maximum absolute atomic E-state index is 11.7. The Kier molecular flexibility index (Phi) is 2.40. The van der Waals surface area contributed by atoms with Gasteiger partial charge in [-0.25, -0.2) is 0 Å². The summed E-state index contributed by atoms with van der Waals surface area (Å²) in [5.74, 6) is -0.729. The first-order chi connectivity index (χ1) is 8.65. The molecule has 0 saturated heterocycles. The van der Waals surface area contributed by atoms with E-state index in [0.717, 1.165) is 29.5 Å². The summed E-state index contributed by atoms with van der Waals surface area (Å²) in [6.07, 6.45) is 3.33. The number of hydrogen-bond acceptors (Lipinski definition) is 3. The average molecular weight is 245 g/mol. The molecule has 0 amide bonds. The molecule has 0 bridgehead atoms. The first-order valence-corrected chi connectivity index (χ1v) is 6.24. The van der Waals surface area contributed by atoms with Crippen molar-refractivity contribution in [1.82, 2.24) is 5.16 Å². The summed E-state index contributed by atoms with van der Waals surface area (Å²) in [4.78, 5) is 11.7. The summed E-state index contributed by atoms with van der Waals surface area (Å²) in [7, 11) is 0. The van der Waals surface area contributed by atoms with Gasteiger partial charge in [0.05, 0.1) is 11.1 Å². The van der Waals surface area contributed by atoms with Gasteiger partial charge in [-0.3, -0.25) is 4.79 Å². The Morgan fingerprint density at radius 2 is 2.11 bits per heavy atom. The van der Waals surface area contributed by atoms with Crippen LogP contribution in [0.2, 0.25) is 0 Å². The van der Waals surface area contributed by atoms with Crippen molar-refractivity contribution < 1.29 is 14.4 Å². The highest BCUT2D eigenvalue weighted by Crippen LogP contribution is 2.44. The fourth-order valence-corrected chi connectivity index (χ4v) is 3.12. The summed E-state index contributed by atoms with van der Waals surface area (Å²) in [6.45, 7) is 1.86. The van der Waals surface area contributed by atoms with Gasteiger partial charge in [0, 0.05) is 5.39 Å². The largest absolute Gasteiger partial charge is 0.481 e. The first-order valence-electron chi connectivity index (χ1n) is 6.24. The van der Waals surface area contributed by atoms with Crippen LogP contribution < -0.4 is 0 Å². The third-order valence-electron chi connectivity index (χ3n) is 4.05. The second kappa shape index (κ2) is 3.83. The molecule has 0 spiro atoms. The van der Waals surface area contributed by atoms with Crippen LogP contribution in [0.3, 0.4) is 0 Å². The van der Waals surface area contributed by atoms with Crippen LogP contribution in [0, 0.1) is 6.92 Å². The molecule has 2 aromatic rings. The standard InChI is InChI=1S/C14H15NO3/c1-9-12-10(5-4-6-11(12)18-15-9)14(13(16)17)7-2-3-8-14/h4-6H,2-3,7-8H2,1H3,(H,16,17). The van der Waals surface area contributed by atoms with Gasteiger partial charge in [-0.1, -0.05) is 30.1 Å². The molecule has 4 heteroatoms. The van der Waals surface area contributed by atoms with Crippen molar-refractivity contribution in [3.63, 3.8) is 0 Å². The lowest BCUT2D eigenvalue weighted by Crippen LogP contribution is -2.32. The molecule has 1 fully saturated rings. The molecule has 1 heterocycles. The quantitative estimate of drug-likeness (QED) is 0.883. The minimum absolute atomic E-state index is 0.678. The lowest BCUT2D eigenvalue weighted by Gasteiger charge is -2.25. The van der Waals surface area contributed by atoms with Crippen LogP contribution in [0.15, 0.2) is 22.7 Å². The van der Waals surface area contributed by atoms with Crippen LogP contribution in [-0.4, -0.2) is 16.2 Å². The number of carboxylic acids is 1. The van der Waals surface area contributed by atoms with E-state index in [9.17, 15) is 9.90 Å². The van der Waals surface area contributed by atoms with Crippen LogP contribution in [0.1, 0.15) is 36.9 Å². The smallest absolute Gasteiger partial charge is 0.314 e. The number of carbonyl (C=O) groups is 1. The van der Waals surface area contributed by atoms with Gasteiger partial charge in [0.25, 0.3) is 0 Å². The van der Waals surface area contributed by atoms with E-state index in [2.05, 4.69) is 5.16 Å². The molecule has 1 aromatic carbocycles. The molecule has 18 heavy (non-hydrogen) atoms. The zero-order chi connectivity index (χ0) is 12.8. The molecule has 0 unspecified atom stereocenters. The summed E-state index contributed by atoms with van der Waals surface area (Å²) in [5.41, 5.74) is 1.56.